The van der Waals surface area contributed by atoms with Gasteiger partial charge in [-0.3, -0.25) is 9.78 Å². The van der Waals surface area contributed by atoms with E-state index in [0.29, 0.717) is 16.5 Å². The Balaban J connectivity index is 2.29. The van der Waals surface area contributed by atoms with Gasteiger partial charge in [0.15, 0.2) is 11.6 Å². The third-order valence-electron chi connectivity index (χ3n) is 3.91. The number of benzene rings is 1. The molecule has 0 bridgehead atoms. The minimum absolute atomic E-state index is 0.00715. The van der Waals surface area contributed by atoms with Crippen LogP contribution < -0.4 is 10.1 Å². The number of ether oxygens (including phenoxy) is 1. The molecule has 1 aromatic heterocycles. The monoisotopic (exact) mass is 360 g/mol. The van der Waals surface area contributed by atoms with Crippen LogP contribution in [-0.2, 0) is 4.79 Å². The number of nitrogens with one attached hydrogen (secondary N) is 1. The number of terminal acetylenes is 1. The van der Waals surface area contributed by atoms with E-state index in [9.17, 15) is 9.18 Å². The summed E-state index contributed by atoms with van der Waals surface area (Å²) in [5, 5.41) is 3.56. The van der Waals surface area contributed by atoms with Gasteiger partial charge in [-0.25, -0.2) is 4.39 Å². The van der Waals surface area contributed by atoms with Crippen molar-refractivity contribution in [3.8, 4) is 18.1 Å². The van der Waals surface area contributed by atoms with Crippen LogP contribution in [0.1, 0.15) is 32.8 Å². The number of nitrogens with zero attached hydrogens (tertiary/aromatic N) is 1. The van der Waals surface area contributed by atoms with E-state index >= 15 is 0 Å². The van der Waals surface area contributed by atoms with Crippen LogP contribution in [0.2, 0.25) is 0 Å². The van der Waals surface area contributed by atoms with Crippen LogP contribution in [0.25, 0.3) is 10.9 Å². The Kier molecular flexibility index (Phi) is 5.91. The fourth-order valence-electron chi connectivity index (χ4n) is 2.10. The minimum Gasteiger partial charge on any atom is -0.467 e. The van der Waals surface area contributed by atoms with Crippen molar-refractivity contribution < 1.29 is 13.9 Å². The molecule has 1 atom stereocenters. The summed E-state index contributed by atoms with van der Waals surface area (Å²) in [5.74, 6) is 1.61. The molecule has 2 aromatic rings. The smallest absolute Gasteiger partial charge is 0.272 e. The predicted octanol–water partition coefficient (Wildman–Crippen LogP) is 3.73. The molecule has 0 aliphatic rings. The van der Waals surface area contributed by atoms with Gasteiger partial charge in [0.1, 0.15) is 0 Å². The summed E-state index contributed by atoms with van der Waals surface area (Å²) in [5.41, 5.74) is -0.154. The summed E-state index contributed by atoms with van der Waals surface area (Å²) in [6.45, 7) is 5.83. The van der Waals surface area contributed by atoms with Crippen LogP contribution in [0.5, 0.6) is 5.75 Å². The topological polar surface area (TPSA) is 51.2 Å². The fourth-order valence-corrected chi connectivity index (χ4v) is 2.58. The third kappa shape index (κ3) is 4.64. The summed E-state index contributed by atoms with van der Waals surface area (Å²) in [7, 11) is 0. The van der Waals surface area contributed by atoms with E-state index in [-0.39, 0.29) is 17.2 Å². The Morgan fingerprint density at radius 3 is 2.80 bits per heavy atom. The molecule has 0 aliphatic carbocycles. The second kappa shape index (κ2) is 7.75. The van der Waals surface area contributed by atoms with E-state index in [0.717, 1.165) is 6.42 Å². The van der Waals surface area contributed by atoms with E-state index < -0.39 is 11.3 Å². The molecule has 1 amide bonds. The molecule has 0 spiro atoms. The molecule has 0 saturated heterocycles. The Hall–Kier alpha value is -2.26. The lowest BCUT2D eigenvalue weighted by atomic mass is 10.0. The molecule has 6 heteroatoms. The van der Waals surface area contributed by atoms with Gasteiger partial charge in [-0.15, -0.1) is 18.2 Å². The summed E-state index contributed by atoms with van der Waals surface area (Å²) >= 11 is 1.20. The summed E-state index contributed by atoms with van der Waals surface area (Å²) in [4.78, 5) is 16.5. The average molecular weight is 360 g/mol. The molecule has 2 rings (SSSR count). The van der Waals surface area contributed by atoms with E-state index in [1.165, 1.54) is 30.1 Å². The number of halogens is 1. The van der Waals surface area contributed by atoms with E-state index in [1.54, 1.807) is 12.3 Å². The molecule has 4 nitrogen and oxygen atoms in total. The first-order chi connectivity index (χ1) is 11.8. The SMILES string of the molecule is C#Cc1cnc2cc(F)c(OC(SC)C(=O)NC(C)(C)CC)cc2c1. The van der Waals surface area contributed by atoms with Gasteiger partial charge in [0.2, 0.25) is 5.44 Å². The molecule has 25 heavy (non-hydrogen) atoms. The lowest BCUT2D eigenvalue weighted by molar-refractivity contribution is -0.126. The van der Waals surface area contributed by atoms with Crippen molar-refractivity contribution >= 4 is 28.6 Å². The quantitative estimate of drug-likeness (QED) is 0.630. The van der Waals surface area contributed by atoms with Crippen LogP contribution in [-0.4, -0.2) is 28.1 Å². The number of pyridine rings is 1. The van der Waals surface area contributed by atoms with Crippen LogP contribution in [0.15, 0.2) is 24.4 Å². The number of carbonyl (C=O) groups is 1. The number of thioether (sulfide) groups is 1. The van der Waals surface area contributed by atoms with E-state index in [4.69, 9.17) is 11.2 Å². The van der Waals surface area contributed by atoms with E-state index in [2.05, 4.69) is 16.2 Å². The van der Waals surface area contributed by atoms with Crippen LogP contribution >= 0.6 is 11.8 Å². The summed E-state index contributed by atoms with van der Waals surface area (Å²) in [6, 6.07) is 4.51. The van der Waals surface area contributed by atoms with Crippen molar-refractivity contribution in [2.45, 2.75) is 38.2 Å². The first-order valence-electron chi connectivity index (χ1n) is 7.87. The lowest BCUT2D eigenvalue weighted by Crippen LogP contribution is -2.48. The maximum absolute atomic E-state index is 14.3. The molecule has 0 saturated carbocycles. The van der Waals surface area contributed by atoms with Crippen LogP contribution in [0.3, 0.4) is 0 Å². The largest absolute Gasteiger partial charge is 0.467 e. The fraction of sp³-hybridized carbons (Fsp3) is 0.368. The number of amides is 1. The molecule has 132 valence electrons. The van der Waals surface area contributed by atoms with Crippen molar-refractivity contribution in [3.63, 3.8) is 0 Å². The Morgan fingerprint density at radius 2 is 2.20 bits per heavy atom. The highest BCUT2D eigenvalue weighted by atomic mass is 32.2. The second-order valence-electron chi connectivity index (χ2n) is 6.26. The number of hydrogen-bond acceptors (Lipinski definition) is 4. The van der Waals surface area contributed by atoms with E-state index in [1.807, 2.05) is 20.8 Å². The van der Waals surface area contributed by atoms with Crippen molar-refractivity contribution in [2.75, 3.05) is 6.26 Å². The molecule has 1 aromatic carbocycles. The second-order valence-corrected chi connectivity index (χ2v) is 7.16. The van der Waals surface area contributed by atoms with Crippen molar-refractivity contribution in [1.29, 1.82) is 0 Å². The average Bonchev–Trinajstić information content (AvgIpc) is 2.58. The van der Waals surface area contributed by atoms with Crippen molar-refractivity contribution in [3.05, 3.63) is 35.8 Å². The molecular weight excluding hydrogens is 339 g/mol. The third-order valence-corrected chi connectivity index (χ3v) is 4.65. The molecule has 1 unspecified atom stereocenters. The van der Waals surface area contributed by atoms with Crippen molar-refractivity contribution in [2.24, 2.45) is 0 Å². The Morgan fingerprint density at radius 1 is 1.48 bits per heavy atom. The van der Waals surface area contributed by atoms with Crippen molar-refractivity contribution in [1.82, 2.24) is 10.3 Å². The predicted molar refractivity (Wildman–Crippen MR) is 100 cm³/mol. The highest BCUT2D eigenvalue weighted by Gasteiger charge is 2.26. The van der Waals surface area contributed by atoms with Gasteiger partial charge >= 0.3 is 0 Å². The molecule has 0 fully saturated rings. The Labute approximate surface area is 151 Å². The summed E-state index contributed by atoms with van der Waals surface area (Å²) < 4.78 is 19.9. The number of aromatic nitrogens is 1. The maximum Gasteiger partial charge on any atom is 0.272 e. The molecular formula is C19H21FN2O2S. The highest BCUT2D eigenvalue weighted by Crippen LogP contribution is 2.27. The zero-order valence-electron chi connectivity index (χ0n) is 14.7. The van der Waals surface area contributed by atoms with Gasteiger partial charge in [-0.05, 0) is 38.7 Å². The number of hydrogen-bond donors (Lipinski definition) is 1. The highest BCUT2D eigenvalue weighted by molar-refractivity contribution is 7.99. The first kappa shape index (κ1) is 19.1. The zero-order valence-corrected chi connectivity index (χ0v) is 15.5. The van der Waals surface area contributed by atoms with Gasteiger partial charge in [0.25, 0.3) is 5.91 Å². The molecule has 1 N–H and O–H groups in total. The zero-order chi connectivity index (χ0) is 18.6. The number of carbonyl (C=O) groups excluding carboxylic acids is 1. The van der Waals surface area contributed by atoms with Gasteiger partial charge in [0.05, 0.1) is 5.52 Å². The summed E-state index contributed by atoms with van der Waals surface area (Å²) in [6.07, 6.45) is 9.38. The first-order valence-corrected chi connectivity index (χ1v) is 9.16. The van der Waals surface area contributed by atoms with Crippen LogP contribution in [0.4, 0.5) is 4.39 Å². The Bertz CT molecular complexity index is 830. The lowest BCUT2D eigenvalue weighted by Gasteiger charge is -2.27. The normalized spacial score (nSPS) is 12.5. The van der Waals surface area contributed by atoms with Gasteiger partial charge in [0, 0.05) is 28.8 Å². The standard InChI is InChI=1S/C19H21FN2O2S/c1-6-12-8-13-9-16(14(20)10-15(13)21-11-12)24-18(25-5)17(23)22-19(3,4)7-2/h1,8-11,18H,7H2,2-5H3,(H,22,23). The van der Waals surface area contributed by atoms with Gasteiger partial charge in [-0.2, -0.15) is 0 Å². The molecule has 0 aliphatic heterocycles. The van der Waals surface area contributed by atoms with Gasteiger partial charge < -0.3 is 10.1 Å². The number of fused-ring (bicyclic) bond motifs is 1. The van der Waals surface area contributed by atoms with Crippen LogP contribution in [0, 0.1) is 18.2 Å². The molecule has 1 heterocycles. The minimum atomic E-state index is -0.860. The number of rotatable bonds is 6. The molecule has 0 radical (unpaired) electrons. The maximum atomic E-state index is 14.3. The van der Waals surface area contributed by atoms with Gasteiger partial charge in [-0.1, -0.05) is 12.8 Å².